The van der Waals surface area contributed by atoms with Crippen LogP contribution in [0.2, 0.25) is 0 Å². The molecule has 1 aromatic heterocycles. The van der Waals surface area contributed by atoms with E-state index >= 15 is 0 Å². The average molecular weight is 381 g/mol. The van der Waals surface area contributed by atoms with E-state index in [1.165, 1.54) is 0 Å². The van der Waals surface area contributed by atoms with Gasteiger partial charge in [-0.2, -0.15) is 0 Å². The van der Waals surface area contributed by atoms with E-state index in [-0.39, 0.29) is 39.1 Å². The third kappa shape index (κ3) is 2.83. The Morgan fingerprint density at radius 2 is 2.00 bits per heavy atom. The maximum absolute atomic E-state index is 13.1. The molecule has 0 unspecified atom stereocenters. The Kier molecular flexibility index (Phi) is 4.04. The number of halogens is 2. The molecule has 1 saturated heterocycles. The summed E-state index contributed by atoms with van der Waals surface area (Å²) < 4.78 is 2.12. The highest BCUT2D eigenvalue weighted by atomic mass is 35.5. The van der Waals surface area contributed by atoms with Gasteiger partial charge in [-0.15, -0.1) is 0 Å². The van der Waals surface area contributed by atoms with Gasteiger partial charge in [0.25, 0.3) is 5.56 Å². The fourth-order valence-electron chi connectivity index (χ4n) is 4.87. The molecule has 0 radical (unpaired) electrons. The van der Waals surface area contributed by atoms with Gasteiger partial charge in [0.05, 0.1) is 5.92 Å². The molecule has 1 aromatic rings. The van der Waals surface area contributed by atoms with Crippen molar-refractivity contribution in [2.75, 3.05) is 13.1 Å². The number of likely N-dealkylation sites (tertiary alicyclic amines) is 1. The number of hydrogen-bond acceptors (Lipinski definition) is 2. The normalized spacial score (nSPS) is 31.9. The van der Waals surface area contributed by atoms with Crippen molar-refractivity contribution in [2.45, 2.75) is 32.7 Å². The highest BCUT2D eigenvalue weighted by Gasteiger charge is 2.61. The van der Waals surface area contributed by atoms with E-state index in [1.54, 1.807) is 12.1 Å². The van der Waals surface area contributed by atoms with Gasteiger partial charge in [-0.05, 0) is 35.8 Å². The summed E-state index contributed by atoms with van der Waals surface area (Å²) in [4.78, 5) is 27.2. The fourth-order valence-corrected chi connectivity index (χ4v) is 5.14. The Hall–Kier alpha value is -1.26. The smallest absolute Gasteiger partial charge is 0.250 e. The molecule has 3 heterocycles. The van der Waals surface area contributed by atoms with Gasteiger partial charge >= 0.3 is 0 Å². The zero-order valence-corrected chi connectivity index (χ0v) is 15.9. The van der Waals surface area contributed by atoms with Gasteiger partial charge in [0.1, 0.15) is 4.49 Å². The number of pyridine rings is 1. The monoisotopic (exact) mass is 380 g/mol. The Morgan fingerprint density at radius 1 is 1.24 bits per heavy atom. The van der Waals surface area contributed by atoms with E-state index in [2.05, 4.69) is 13.8 Å². The second-order valence-corrected chi connectivity index (χ2v) is 9.23. The molecule has 134 valence electrons. The van der Waals surface area contributed by atoms with E-state index < -0.39 is 0 Å². The Balaban J connectivity index is 1.56. The van der Waals surface area contributed by atoms with Crippen LogP contribution in [-0.2, 0) is 11.3 Å². The number of carbonyl (C=O) groups is 1. The van der Waals surface area contributed by atoms with Crippen LogP contribution < -0.4 is 5.56 Å². The van der Waals surface area contributed by atoms with Gasteiger partial charge < -0.3 is 9.47 Å². The summed E-state index contributed by atoms with van der Waals surface area (Å²) in [5.41, 5.74) is 1.03. The number of allylic oxidation sites excluding steroid dienone is 1. The standard InChI is InChI=1S/C19H22Cl2N2O2/c1-19(2)13(7-15(20)21)17(19)18(25)22-8-11-6-12(10-22)14-4-3-5-16(24)23(14)9-11/h3-5,7,11-13,17H,6,8-10H2,1-2H3/t11-,12+,13-,17-/m0/s1. The Labute approximate surface area is 157 Å². The Morgan fingerprint density at radius 3 is 2.72 bits per heavy atom. The summed E-state index contributed by atoms with van der Waals surface area (Å²) in [6.07, 6.45) is 2.85. The number of nitrogens with zero attached hydrogens (tertiary/aromatic N) is 2. The van der Waals surface area contributed by atoms with Crippen molar-refractivity contribution >= 4 is 29.1 Å². The quantitative estimate of drug-likeness (QED) is 0.788. The van der Waals surface area contributed by atoms with E-state index in [1.807, 2.05) is 21.6 Å². The molecule has 25 heavy (non-hydrogen) atoms. The number of fused-ring (bicyclic) bond motifs is 4. The predicted octanol–water partition coefficient (Wildman–Crippen LogP) is 3.39. The summed E-state index contributed by atoms with van der Waals surface area (Å²) in [6.45, 7) is 6.31. The SMILES string of the molecule is CC1(C)[C@H](C(=O)N2C[C@@H]3C[C@H](C2)c2cccc(=O)n2C3)[C@@H]1C=C(Cl)Cl. The lowest BCUT2D eigenvalue weighted by atomic mass is 9.83. The molecule has 2 fully saturated rings. The highest BCUT2D eigenvalue weighted by molar-refractivity contribution is 6.55. The van der Waals surface area contributed by atoms with Gasteiger partial charge in [0, 0.05) is 37.3 Å². The summed E-state index contributed by atoms with van der Waals surface area (Å²) in [7, 11) is 0. The van der Waals surface area contributed by atoms with Gasteiger partial charge in [-0.1, -0.05) is 43.1 Å². The molecule has 4 nitrogen and oxygen atoms in total. The molecule has 2 bridgehead atoms. The summed E-state index contributed by atoms with van der Waals surface area (Å²) in [5.74, 6) is 0.835. The maximum Gasteiger partial charge on any atom is 0.250 e. The van der Waals surface area contributed by atoms with E-state index in [9.17, 15) is 9.59 Å². The molecule has 2 aliphatic heterocycles. The third-order valence-electron chi connectivity index (χ3n) is 6.27. The molecule has 0 spiro atoms. The molecule has 0 N–H and O–H groups in total. The number of carbonyl (C=O) groups excluding carboxylic acids is 1. The molecular formula is C19H22Cl2N2O2. The summed E-state index contributed by atoms with van der Waals surface area (Å²) >= 11 is 11.6. The second kappa shape index (κ2) is 5.88. The zero-order valence-electron chi connectivity index (χ0n) is 14.4. The van der Waals surface area contributed by atoms with E-state index in [0.717, 1.165) is 18.7 Å². The number of aromatic nitrogens is 1. The van der Waals surface area contributed by atoms with Crippen LogP contribution in [0.1, 0.15) is 31.9 Å². The molecular weight excluding hydrogens is 359 g/mol. The third-order valence-corrected chi connectivity index (χ3v) is 6.53. The molecule has 4 rings (SSSR count). The van der Waals surface area contributed by atoms with Gasteiger partial charge in [0.15, 0.2) is 0 Å². The highest BCUT2D eigenvalue weighted by Crippen LogP contribution is 2.60. The van der Waals surface area contributed by atoms with Crippen LogP contribution in [0.5, 0.6) is 0 Å². The van der Waals surface area contributed by atoms with Crippen molar-refractivity contribution in [1.29, 1.82) is 0 Å². The van der Waals surface area contributed by atoms with Crippen molar-refractivity contribution in [3.05, 3.63) is 44.8 Å². The lowest BCUT2D eigenvalue weighted by molar-refractivity contribution is -0.136. The first-order valence-corrected chi connectivity index (χ1v) is 9.56. The molecule has 6 heteroatoms. The largest absolute Gasteiger partial charge is 0.341 e. The Bertz CT molecular complexity index is 810. The van der Waals surface area contributed by atoms with Crippen molar-refractivity contribution in [2.24, 2.45) is 23.2 Å². The van der Waals surface area contributed by atoms with Crippen LogP contribution in [0.3, 0.4) is 0 Å². The van der Waals surface area contributed by atoms with Crippen molar-refractivity contribution in [1.82, 2.24) is 9.47 Å². The van der Waals surface area contributed by atoms with E-state index in [0.29, 0.717) is 19.0 Å². The first kappa shape index (κ1) is 17.2. The lowest BCUT2D eigenvalue weighted by Crippen LogP contribution is -2.49. The molecule has 1 aliphatic carbocycles. The van der Waals surface area contributed by atoms with E-state index in [4.69, 9.17) is 23.2 Å². The van der Waals surface area contributed by atoms with Crippen molar-refractivity contribution < 1.29 is 4.79 Å². The summed E-state index contributed by atoms with van der Waals surface area (Å²) in [5, 5.41) is 0. The van der Waals surface area contributed by atoms with Crippen LogP contribution in [-0.4, -0.2) is 28.5 Å². The maximum atomic E-state index is 13.1. The number of hydrogen-bond donors (Lipinski definition) is 0. The predicted molar refractivity (Wildman–Crippen MR) is 98.7 cm³/mol. The number of rotatable bonds is 2. The van der Waals surface area contributed by atoms with Crippen LogP contribution in [0.4, 0.5) is 0 Å². The van der Waals surface area contributed by atoms with Gasteiger partial charge in [-0.25, -0.2) is 0 Å². The van der Waals surface area contributed by atoms with Gasteiger partial charge in [-0.3, -0.25) is 9.59 Å². The first-order chi connectivity index (χ1) is 11.8. The minimum absolute atomic E-state index is 0.0585. The fraction of sp³-hybridized carbons (Fsp3) is 0.579. The summed E-state index contributed by atoms with van der Waals surface area (Å²) in [6, 6.07) is 5.46. The first-order valence-electron chi connectivity index (χ1n) is 8.80. The van der Waals surface area contributed by atoms with Crippen molar-refractivity contribution in [3.8, 4) is 0 Å². The number of piperidine rings is 1. The molecule has 3 aliphatic rings. The molecule has 0 aromatic carbocycles. The van der Waals surface area contributed by atoms with Crippen LogP contribution >= 0.6 is 23.2 Å². The minimum atomic E-state index is -0.104. The average Bonchev–Trinajstić information content (AvgIpc) is 3.07. The lowest BCUT2D eigenvalue weighted by Gasteiger charge is -2.43. The van der Waals surface area contributed by atoms with Crippen LogP contribution in [0.15, 0.2) is 33.6 Å². The topological polar surface area (TPSA) is 42.3 Å². The molecule has 1 amide bonds. The van der Waals surface area contributed by atoms with Crippen molar-refractivity contribution in [3.63, 3.8) is 0 Å². The van der Waals surface area contributed by atoms with Crippen LogP contribution in [0, 0.1) is 23.2 Å². The molecule has 1 saturated carbocycles. The number of amides is 1. The minimum Gasteiger partial charge on any atom is -0.341 e. The zero-order chi connectivity index (χ0) is 17.9. The molecule has 4 atom stereocenters. The van der Waals surface area contributed by atoms with Crippen LogP contribution in [0.25, 0.3) is 0 Å². The second-order valence-electron chi connectivity index (χ2n) is 8.22. The van der Waals surface area contributed by atoms with Gasteiger partial charge in [0.2, 0.25) is 5.91 Å².